The quantitative estimate of drug-likeness (QED) is 0.315. The summed E-state index contributed by atoms with van der Waals surface area (Å²) in [6.45, 7) is 3.93. The molecule has 1 fully saturated rings. The Balaban J connectivity index is 1.57. The molecule has 7 nitrogen and oxygen atoms in total. The Morgan fingerprint density at radius 3 is 2.03 bits per heavy atom. The number of ether oxygens (including phenoxy) is 1. The van der Waals surface area contributed by atoms with E-state index in [1.165, 1.54) is 0 Å². The van der Waals surface area contributed by atoms with Gasteiger partial charge in [-0.2, -0.15) is 0 Å². The van der Waals surface area contributed by atoms with Crippen LogP contribution >= 0.6 is 0 Å². The maximum absolute atomic E-state index is 12.6. The van der Waals surface area contributed by atoms with Gasteiger partial charge in [0.25, 0.3) is 0 Å². The molecule has 0 aliphatic carbocycles. The van der Waals surface area contributed by atoms with Crippen LogP contribution in [0.3, 0.4) is 0 Å². The van der Waals surface area contributed by atoms with Crippen LogP contribution in [0.2, 0.25) is 0 Å². The Kier molecular flexibility index (Phi) is 6.12. The molecule has 1 saturated heterocycles. The van der Waals surface area contributed by atoms with Gasteiger partial charge in [0.2, 0.25) is 0 Å². The van der Waals surface area contributed by atoms with Crippen LogP contribution < -0.4 is 0 Å². The maximum atomic E-state index is 12.6. The third-order valence-corrected chi connectivity index (χ3v) is 8.14. The fourth-order valence-electron chi connectivity index (χ4n) is 6.23. The molecule has 0 radical (unpaired) electrons. The van der Waals surface area contributed by atoms with E-state index in [1.54, 1.807) is 0 Å². The molecule has 196 valence electrons. The Hall–Kier alpha value is -4.04. The number of aliphatic hydroxyl groups excluding tert-OH is 1. The van der Waals surface area contributed by atoms with Gasteiger partial charge in [-0.3, -0.25) is 4.90 Å². The van der Waals surface area contributed by atoms with E-state index in [2.05, 4.69) is 63.1 Å². The van der Waals surface area contributed by atoms with Gasteiger partial charge in [-0.25, -0.2) is 4.68 Å². The fourth-order valence-corrected chi connectivity index (χ4v) is 6.23. The van der Waals surface area contributed by atoms with Gasteiger partial charge in [-0.05, 0) is 29.8 Å². The van der Waals surface area contributed by atoms with Gasteiger partial charge in [0, 0.05) is 36.8 Å². The van der Waals surface area contributed by atoms with E-state index < -0.39 is 11.8 Å². The van der Waals surface area contributed by atoms with Crippen molar-refractivity contribution in [2.24, 2.45) is 0 Å². The summed E-state index contributed by atoms with van der Waals surface area (Å²) >= 11 is 0. The first-order valence-corrected chi connectivity index (χ1v) is 13.6. The lowest BCUT2D eigenvalue weighted by Gasteiger charge is -2.42. The number of rotatable bonds is 7. The number of para-hydroxylation sites is 3. The zero-order valence-corrected chi connectivity index (χ0v) is 21.7. The zero-order chi connectivity index (χ0) is 26.2. The first kappa shape index (κ1) is 24.0. The van der Waals surface area contributed by atoms with Crippen molar-refractivity contribution >= 4 is 32.8 Å². The molecule has 7 heteroatoms. The summed E-state index contributed by atoms with van der Waals surface area (Å²) in [6.07, 6.45) is -0.303. The minimum atomic E-state index is -1.02. The van der Waals surface area contributed by atoms with E-state index in [9.17, 15) is 5.11 Å². The molecular weight excluding hydrogens is 486 g/mol. The molecule has 6 aromatic rings. The molecule has 1 aliphatic heterocycles. The van der Waals surface area contributed by atoms with E-state index >= 15 is 0 Å². The van der Waals surface area contributed by atoms with Crippen LogP contribution in [0.25, 0.3) is 32.8 Å². The average Bonchev–Trinajstić information content (AvgIpc) is 3.59. The van der Waals surface area contributed by atoms with Crippen LogP contribution in [-0.4, -0.2) is 62.4 Å². The van der Waals surface area contributed by atoms with E-state index in [1.807, 2.05) is 59.3 Å². The average molecular weight is 518 g/mol. The molecule has 1 aliphatic rings. The van der Waals surface area contributed by atoms with Gasteiger partial charge in [0.15, 0.2) is 5.66 Å². The minimum Gasteiger partial charge on any atom is -0.384 e. The predicted octanol–water partition coefficient (Wildman–Crippen LogP) is 5.20. The molecular formula is C32H31N5O2. The summed E-state index contributed by atoms with van der Waals surface area (Å²) in [5, 5.41) is 24.3. The number of hydrogen-bond acceptors (Lipinski definition) is 5. The normalized spacial score (nSPS) is 17.1. The highest BCUT2D eigenvalue weighted by Gasteiger charge is 2.46. The molecule has 7 rings (SSSR count). The standard InChI is InChI=1S/C32H31N5O2/c38-31(24-10-2-1-3-11-24)32(18-19-35-20-22-39-23-21-35,37-30-17-9-6-14-27(30)33-34-37)36-28-15-7-4-12-25(28)26-13-5-8-16-29(26)36/h1-17,31,38H,18-23H2. The van der Waals surface area contributed by atoms with Crippen molar-refractivity contribution in [1.82, 2.24) is 24.5 Å². The summed E-state index contributed by atoms with van der Waals surface area (Å²) in [5.74, 6) is 0. The summed E-state index contributed by atoms with van der Waals surface area (Å²) in [5.41, 5.74) is 3.61. The number of benzene rings is 4. The number of morpholine rings is 1. The number of aromatic nitrogens is 4. The summed E-state index contributed by atoms with van der Waals surface area (Å²) in [7, 11) is 0. The Morgan fingerprint density at radius 1 is 0.744 bits per heavy atom. The lowest BCUT2D eigenvalue weighted by Crippen LogP contribution is -2.50. The monoisotopic (exact) mass is 517 g/mol. The molecule has 0 amide bonds. The molecule has 0 spiro atoms. The third kappa shape index (κ3) is 3.93. The highest BCUT2D eigenvalue weighted by atomic mass is 16.5. The van der Waals surface area contributed by atoms with Gasteiger partial charge >= 0.3 is 0 Å². The SMILES string of the molecule is OC(c1ccccc1)C(CCN1CCOCC1)(n1nnc2ccccc21)n1c2ccccc2c2ccccc21. The van der Waals surface area contributed by atoms with Crippen molar-refractivity contribution in [3.8, 4) is 0 Å². The van der Waals surface area contributed by atoms with Gasteiger partial charge < -0.3 is 14.4 Å². The van der Waals surface area contributed by atoms with E-state index in [0.29, 0.717) is 6.42 Å². The number of hydrogen-bond donors (Lipinski definition) is 1. The second kappa shape index (κ2) is 9.93. The van der Waals surface area contributed by atoms with Gasteiger partial charge in [0.1, 0.15) is 11.6 Å². The van der Waals surface area contributed by atoms with Crippen molar-refractivity contribution in [3.63, 3.8) is 0 Å². The molecule has 4 aromatic carbocycles. The van der Waals surface area contributed by atoms with Crippen molar-refractivity contribution in [3.05, 3.63) is 109 Å². The highest BCUT2D eigenvalue weighted by Crippen LogP contribution is 2.44. The third-order valence-electron chi connectivity index (χ3n) is 8.14. The van der Waals surface area contributed by atoms with Crippen LogP contribution in [0.15, 0.2) is 103 Å². The van der Waals surface area contributed by atoms with Crippen LogP contribution in [-0.2, 0) is 10.4 Å². The molecule has 3 heterocycles. The molecule has 2 aromatic heterocycles. The number of fused-ring (bicyclic) bond motifs is 4. The van der Waals surface area contributed by atoms with Crippen LogP contribution in [0.5, 0.6) is 0 Å². The summed E-state index contributed by atoms with van der Waals surface area (Å²) in [6, 6.07) is 34.9. The number of nitrogens with zero attached hydrogens (tertiary/aromatic N) is 5. The summed E-state index contributed by atoms with van der Waals surface area (Å²) in [4.78, 5) is 2.42. The largest absolute Gasteiger partial charge is 0.384 e. The predicted molar refractivity (Wildman–Crippen MR) is 154 cm³/mol. The van der Waals surface area contributed by atoms with Crippen molar-refractivity contribution in [2.75, 3.05) is 32.8 Å². The molecule has 2 unspecified atom stereocenters. The van der Waals surface area contributed by atoms with Crippen LogP contribution in [0.4, 0.5) is 0 Å². The Bertz CT molecular complexity index is 1680. The van der Waals surface area contributed by atoms with Crippen LogP contribution in [0, 0.1) is 0 Å². The van der Waals surface area contributed by atoms with E-state index in [0.717, 1.165) is 71.3 Å². The zero-order valence-electron chi connectivity index (χ0n) is 21.7. The molecule has 39 heavy (non-hydrogen) atoms. The molecule has 2 atom stereocenters. The molecule has 0 bridgehead atoms. The summed E-state index contributed by atoms with van der Waals surface area (Å²) < 4.78 is 9.93. The topological polar surface area (TPSA) is 68.3 Å². The van der Waals surface area contributed by atoms with Crippen molar-refractivity contribution in [2.45, 2.75) is 18.2 Å². The van der Waals surface area contributed by atoms with Crippen molar-refractivity contribution in [1.29, 1.82) is 0 Å². The Morgan fingerprint density at radius 2 is 1.33 bits per heavy atom. The second-order valence-electron chi connectivity index (χ2n) is 10.3. The van der Waals surface area contributed by atoms with Gasteiger partial charge in [-0.15, -0.1) is 5.10 Å². The first-order chi connectivity index (χ1) is 19.3. The lowest BCUT2D eigenvalue weighted by atomic mass is 9.90. The number of aliphatic hydroxyl groups is 1. The first-order valence-electron chi connectivity index (χ1n) is 13.6. The smallest absolute Gasteiger partial charge is 0.172 e. The maximum Gasteiger partial charge on any atom is 0.172 e. The van der Waals surface area contributed by atoms with Gasteiger partial charge in [-0.1, -0.05) is 84.1 Å². The van der Waals surface area contributed by atoms with E-state index in [-0.39, 0.29) is 0 Å². The highest BCUT2D eigenvalue weighted by molar-refractivity contribution is 6.08. The van der Waals surface area contributed by atoms with Gasteiger partial charge in [0.05, 0.1) is 29.8 Å². The molecule has 0 saturated carbocycles. The second-order valence-corrected chi connectivity index (χ2v) is 10.3. The van der Waals surface area contributed by atoms with E-state index in [4.69, 9.17) is 9.95 Å². The fraction of sp³-hybridized carbons (Fsp3) is 0.250. The molecule has 1 N–H and O–H groups in total. The van der Waals surface area contributed by atoms with Crippen LogP contribution in [0.1, 0.15) is 18.1 Å². The van der Waals surface area contributed by atoms with Crippen molar-refractivity contribution < 1.29 is 9.84 Å². The lowest BCUT2D eigenvalue weighted by molar-refractivity contribution is -0.0170. The Labute approximate surface area is 226 Å². The minimum absolute atomic E-state index is 0.610.